The van der Waals surface area contributed by atoms with Gasteiger partial charge in [0.15, 0.2) is 0 Å². The second kappa shape index (κ2) is 4.28. The maximum atomic E-state index is 5.44. The molecular formula is C19H23NO. The van der Waals surface area contributed by atoms with E-state index < -0.39 is 0 Å². The number of H-pyrrole nitrogens is 1. The van der Waals surface area contributed by atoms with E-state index in [-0.39, 0.29) is 0 Å². The lowest BCUT2D eigenvalue weighted by molar-refractivity contribution is -0.00231. The van der Waals surface area contributed by atoms with Gasteiger partial charge in [-0.25, -0.2) is 0 Å². The molecule has 4 saturated carbocycles. The Labute approximate surface area is 125 Å². The normalized spacial score (nSPS) is 37.3. The predicted molar refractivity (Wildman–Crippen MR) is 84.6 cm³/mol. The number of hydrogen-bond donors (Lipinski definition) is 1. The van der Waals surface area contributed by atoms with Crippen LogP contribution in [0.1, 0.15) is 43.6 Å². The summed E-state index contributed by atoms with van der Waals surface area (Å²) in [4.78, 5) is 3.49. The van der Waals surface area contributed by atoms with Crippen LogP contribution in [0, 0.1) is 23.7 Å². The van der Waals surface area contributed by atoms with E-state index in [1.807, 2.05) is 0 Å². The Morgan fingerprint density at radius 1 is 1.00 bits per heavy atom. The van der Waals surface area contributed by atoms with E-state index >= 15 is 0 Å². The van der Waals surface area contributed by atoms with E-state index in [9.17, 15) is 0 Å². The highest BCUT2D eigenvalue weighted by molar-refractivity contribution is 5.85. The molecule has 1 N–H and O–H groups in total. The van der Waals surface area contributed by atoms with Crippen molar-refractivity contribution in [1.82, 2.24) is 4.98 Å². The third-order valence-corrected chi connectivity index (χ3v) is 6.51. The van der Waals surface area contributed by atoms with Crippen molar-refractivity contribution in [2.24, 2.45) is 23.7 Å². The molecule has 1 heterocycles. The Kier molecular flexibility index (Phi) is 2.47. The average Bonchev–Trinajstić information content (AvgIpc) is 2.89. The minimum Gasteiger partial charge on any atom is -0.497 e. The summed E-state index contributed by atoms with van der Waals surface area (Å²) >= 11 is 0. The first-order valence-corrected chi connectivity index (χ1v) is 8.47. The van der Waals surface area contributed by atoms with Gasteiger partial charge in [-0.2, -0.15) is 0 Å². The van der Waals surface area contributed by atoms with E-state index in [1.165, 1.54) is 43.0 Å². The van der Waals surface area contributed by atoms with Crippen molar-refractivity contribution in [2.45, 2.75) is 38.0 Å². The summed E-state index contributed by atoms with van der Waals surface area (Å²) in [5.41, 5.74) is 2.83. The number of methoxy groups -OCH3 is 1. The fourth-order valence-corrected chi connectivity index (χ4v) is 5.96. The highest BCUT2D eigenvalue weighted by Crippen LogP contribution is 2.60. The molecule has 0 saturated heterocycles. The van der Waals surface area contributed by atoms with Gasteiger partial charge in [-0.3, -0.25) is 0 Å². The minimum atomic E-state index is 0.790. The third-order valence-electron chi connectivity index (χ3n) is 6.51. The molecule has 4 aliphatic rings. The summed E-state index contributed by atoms with van der Waals surface area (Å²) < 4.78 is 5.44. The summed E-state index contributed by atoms with van der Waals surface area (Å²) in [7, 11) is 1.76. The van der Waals surface area contributed by atoms with Crippen molar-refractivity contribution >= 4 is 10.9 Å². The number of benzene rings is 1. The van der Waals surface area contributed by atoms with Crippen LogP contribution in [0.5, 0.6) is 5.75 Å². The fourth-order valence-electron chi connectivity index (χ4n) is 5.96. The van der Waals surface area contributed by atoms with Gasteiger partial charge in [0, 0.05) is 17.1 Å². The molecule has 2 heteroatoms. The van der Waals surface area contributed by atoms with Crippen LogP contribution < -0.4 is 4.74 Å². The van der Waals surface area contributed by atoms with Crippen LogP contribution in [0.25, 0.3) is 10.9 Å². The van der Waals surface area contributed by atoms with Crippen LogP contribution in [0.3, 0.4) is 0 Å². The Bertz CT molecular complexity index is 658. The van der Waals surface area contributed by atoms with Gasteiger partial charge >= 0.3 is 0 Å². The van der Waals surface area contributed by atoms with Crippen molar-refractivity contribution in [3.05, 3.63) is 30.0 Å². The second-order valence-electron chi connectivity index (χ2n) is 7.61. The van der Waals surface area contributed by atoms with E-state index in [0.717, 1.165) is 35.3 Å². The van der Waals surface area contributed by atoms with Crippen molar-refractivity contribution in [1.29, 1.82) is 0 Å². The van der Waals surface area contributed by atoms with Crippen LogP contribution >= 0.6 is 0 Å². The largest absolute Gasteiger partial charge is 0.497 e. The smallest absolute Gasteiger partial charge is 0.119 e. The monoisotopic (exact) mass is 281 g/mol. The van der Waals surface area contributed by atoms with Gasteiger partial charge in [0.25, 0.3) is 0 Å². The summed E-state index contributed by atoms with van der Waals surface area (Å²) in [6.45, 7) is 0. The topological polar surface area (TPSA) is 25.0 Å². The fraction of sp³-hybridized carbons (Fsp3) is 0.579. The van der Waals surface area contributed by atoms with Gasteiger partial charge in [0.2, 0.25) is 0 Å². The van der Waals surface area contributed by atoms with Crippen LogP contribution in [-0.4, -0.2) is 12.1 Å². The Balaban J connectivity index is 1.61. The number of ether oxygens (including phenoxy) is 1. The van der Waals surface area contributed by atoms with Gasteiger partial charge in [-0.1, -0.05) is 0 Å². The van der Waals surface area contributed by atoms with Gasteiger partial charge in [-0.15, -0.1) is 0 Å². The first-order chi connectivity index (χ1) is 10.3. The standard InChI is InChI=1S/C19H23NO/c1-21-15-2-3-18-16(9-15)17(10-20-18)19-13-5-11-4-12(7-13)8-14(19)6-11/h2-3,9-14,19-20H,4-8H2,1H3. The molecule has 1 aromatic heterocycles. The number of fused-ring (bicyclic) bond motifs is 1. The van der Waals surface area contributed by atoms with Gasteiger partial charge in [0.05, 0.1) is 7.11 Å². The lowest BCUT2D eigenvalue weighted by atomic mass is 9.51. The van der Waals surface area contributed by atoms with E-state index in [2.05, 4.69) is 29.4 Å². The van der Waals surface area contributed by atoms with Crippen LogP contribution in [0.2, 0.25) is 0 Å². The quantitative estimate of drug-likeness (QED) is 0.846. The molecule has 0 unspecified atom stereocenters. The number of nitrogens with one attached hydrogen (secondary N) is 1. The lowest BCUT2D eigenvalue weighted by Gasteiger charge is -2.54. The zero-order valence-electron chi connectivity index (χ0n) is 12.6. The molecule has 0 aliphatic heterocycles. The molecule has 0 atom stereocenters. The highest BCUT2D eigenvalue weighted by Gasteiger charge is 2.49. The number of aromatic amines is 1. The Morgan fingerprint density at radius 3 is 2.38 bits per heavy atom. The third kappa shape index (κ3) is 1.71. The predicted octanol–water partition coefficient (Wildman–Crippen LogP) is 4.72. The maximum absolute atomic E-state index is 5.44. The molecule has 1 aromatic carbocycles. The maximum Gasteiger partial charge on any atom is 0.119 e. The number of rotatable bonds is 2. The highest BCUT2D eigenvalue weighted by atomic mass is 16.5. The summed E-state index contributed by atoms with van der Waals surface area (Å²) in [6.07, 6.45) is 9.74. The van der Waals surface area contributed by atoms with Crippen LogP contribution in [0.4, 0.5) is 0 Å². The zero-order chi connectivity index (χ0) is 14.0. The van der Waals surface area contributed by atoms with Gasteiger partial charge in [-0.05, 0) is 85.5 Å². The second-order valence-corrected chi connectivity index (χ2v) is 7.61. The Hall–Kier alpha value is -1.44. The summed E-state index contributed by atoms with van der Waals surface area (Å²) in [6, 6.07) is 6.44. The van der Waals surface area contributed by atoms with E-state index in [0.29, 0.717) is 0 Å². The van der Waals surface area contributed by atoms with Crippen molar-refractivity contribution in [3.8, 4) is 5.75 Å². The van der Waals surface area contributed by atoms with Crippen molar-refractivity contribution in [2.75, 3.05) is 7.11 Å². The molecule has 0 spiro atoms. The first kappa shape index (κ1) is 12.1. The SMILES string of the molecule is COc1ccc2[nH]cc(C3C4CC5CC(C4)CC3C5)c2c1. The molecule has 0 amide bonds. The van der Waals surface area contributed by atoms with Crippen LogP contribution in [-0.2, 0) is 0 Å². The zero-order valence-corrected chi connectivity index (χ0v) is 12.6. The Morgan fingerprint density at radius 2 is 1.71 bits per heavy atom. The first-order valence-electron chi connectivity index (χ1n) is 8.47. The van der Waals surface area contributed by atoms with Crippen molar-refractivity contribution in [3.63, 3.8) is 0 Å². The van der Waals surface area contributed by atoms with Gasteiger partial charge < -0.3 is 9.72 Å². The molecule has 2 aromatic rings. The molecule has 21 heavy (non-hydrogen) atoms. The van der Waals surface area contributed by atoms with E-state index in [4.69, 9.17) is 4.74 Å². The molecule has 110 valence electrons. The molecule has 4 bridgehead atoms. The summed E-state index contributed by atoms with van der Waals surface area (Å²) in [5, 5.41) is 1.40. The van der Waals surface area contributed by atoms with Crippen LogP contribution in [0.15, 0.2) is 24.4 Å². The molecule has 2 nitrogen and oxygen atoms in total. The van der Waals surface area contributed by atoms with Gasteiger partial charge in [0.1, 0.15) is 5.75 Å². The van der Waals surface area contributed by atoms with E-state index in [1.54, 1.807) is 12.7 Å². The molecular weight excluding hydrogens is 258 g/mol. The number of aromatic nitrogens is 1. The molecule has 0 radical (unpaired) electrons. The minimum absolute atomic E-state index is 0.790. The summed E-state index contributed by atoms with van der Waals surface area (Å²) in [5.74, 6) is 5.73. The molecule has 4 aliphatic carbocycles. The molecule has 6 rings (SSSR count). The molecule has 4 fully saturated rings. The van der Waals surface area contributed by atoms with Crippen molar-refractivity contribution < 1.29 is 4.74 Å². The lowest BCUT2D eigenvalue weighted by Crippen LogP contribution is -2.43. The average molecular weight is 281 g/mol. The number of hydrogen-bond acceptors (Lipinski definition) is 1.